The number of benzene rings is 2. The fourth-order valence-electron chi connectivity index (χ4n) is 3.88. The number of carbonyl (C=O) groups excluding carboxylic acids is 1. The van der Waals surface area contributed by atoms with Gasteiger partial charge in [0.1, 0.15) is 23.2 Å². The molecule has 2 aromatic rings. The summed E-state index contributed by atoms with van der Waals surface area (Å²) in [7, 11) is 0. The lowest BCUT2D eigenvalue weighted by Crippen LogP contribution is -2.39. The molecule has 0 aromatic heterocycles. The normalized spacial score (nSPS) is 19.8. The molecule has 0 fully saturated rings. The molecule has 0 unspecified atom stereocenters. The molecule has 8 heteroatoms. The Labute approximate surface area is 184 Å². The van der Waals surface area contributed by atoms with E-state index in [1.165, 1.54) is 18.2 Å². The molecule has 32 heavy (non-hydrogen) atoms. The lowest BCUT2D eigenvalue weighted by Gasteiger charge is -2.23. The van der Waals surface area contributed by atoms with Crippen LogP contribution in [0.2, 0.25) is 0 Å². The van der Waals surface area contributed by atoms with Gasteiger partial charge in [-0.2, -0.15) is 0 Å². The van der Waals surface area contributed by atoms with Gasteiger partial charge in [0.25, 0.3) is 5.91 Å². The largest absolute Gasteiger partial charge is 0.482 e. The van der Waals surface area contributed by atoms with Gasteiger partial charge in [0.2, 0.25) is 0 Å². The van der Waals surface area contributed by atoms with Crippen molar-refractivity contribution in [2.24, 2.45) is 0 Å². The zero-order valence-electron chi connectivity index (χ0n) is 17.6. The monoisotopic (exact) mass is 438 g/mol. The maximum absolute atomic E-state index is 13.8. The van der Waals surface area contributed by atoms with Gasteiger partial charge in [-0.15, -0.1) is 0 Å². The number of carbonyl (C=O) groups is 2. The van der Waals surface area contributed by atoms with Gasteiger partial charge in [0.05, 0.1) is 12.2 Å². The van der Waals surface area contributed by atoms with E-state index in [-0.39, 0.29) is 12.5 Å². The molecule has 4 rings (SSSR count). The maximum Gasteiger partial charge on any atom is 0.323 e. The minimum Gasteiger partial charge on any atom is -0.482 e. The molecule has 0 bridgehead atoms. The number of hydrogen-bond acceptors (Lipinski definition) is 5. The number of carboxylic acids is 1. The second-order valence-electron chi connectivity index (χ2n) is 8.20. The van der Waals surface area contributed by atoms with Crippen molar-refractivity contribution in [1.82, 2.24) is 5.32 Å². The summed E-state index contributed by atoms with van der Waals surface area (Å²) in [4.78, 5) is 23.6. The summed E-state index contributed by atoms with van der Waals surface area (Å²) in [6.45, 7) is 3.57. The predicted molar refractivity (Wildman–Crippen MR) is 117 cm³/mol. The van der Waals surface area contributed by atoms with Gasteiger partial charge in [-0.25, -0.2) is 4.39 Å². The summed E-state index contributed by atoms with van der Waals surface area (Å²) in [5, 5.41) is 23.6. The quantitative estimate of drug-likeness (QED) is 0.517. The summed E-state index contributed by atoms with van der Waals surface area (Å²) in [6, 6.07) is 10.6. The highest BCUT2D eigenvalue weighted by atomic mass is 19.1. The highest BCUT2D eigenvalue weighted by Gasteiger charge is 2.38. The Balaban J connectivity index is 1.62. The zero-order chi connectivity index (χ0) is 23.0. The maximum atomic E-state index is 13.8. The Kier molecular flexibility index (Phi) is 5.58. The Morgan fingerprint density at radius 3 is 2.59 bits per heavy atom. The van der Waals surface area contributed by atoms with E-state index >= 15 is 0 Å². The van der Waals surface area contributed by atoms with E-state index in [4.69, 9.17) is 14.9 Å². The van der Waals surface area contributed by atoms with Gasteiger partial charge in [-0.3, -0.25) is 14.9 Å². The average molecular weight is 438 g/mol. The van der Waals surface area contributed by atoms with Crippen LogP contribution in [0.1, 0.15) is 30.5 Å². The number of carboxylic acid groups (broad SMARTS) is 1. The molecule has 166 valence electrons. The Bertz CT molecular complexity index is 1150. The third-order valence-corrected chi connectivity index (χ3v) is 5.56. The van der Waals surface area contributed by atoms with Gasteiger partial charge in [-0.1, -0.05) is 24.3 Å². The number of halogens is 1. The van der Waals surface area contributed by atoms with Crippen LogP contribution >= 0.6 is 0 Å². The number of aliphatic carboxylic acids is 1. The highest BCUT2D eigenvalue weighted by molar-refractivity contribution is 6.32. The van der Waals surface area contributed by atoms with E-state index in [9.17, 15) is 14.0 Å². The third kappa shape index (κ3) is 4.02. The highest BCUT2D eigenvalue weighted by Crippen LogP contribution is 2.44. The molecule has 1 atom stereocenters. The van der Waals surface area contributed by atoms with E-state index in [2.05, 4.69) is 10.6 Å². The number of fused-ring (bicyclic) bond motifs is 1. The van der Waals surface area contributed by atoms with Crippen molar-refractivity contribution in [2.75, 3.05) is 11.9 Å². The second kappa shape index (κ2) is 8.22. The van der Waals surface area contributed by atoms with Crippen LogP contribution in [0, 0.1) is 5.82 Å². The van der Waals surface area contributed by atoms with Gasteiger partial charge >= 0.3 is 5.97 Å². The predicted octanol–water partition coefficient (Wildman–Crippen LogP) is 2.92. The molecule has 2 aromatic carbocycles. The van der Waals surface area contributed by atoms with Gasteiger partial charge in [0.15, 0.2) is 0 Å². The lowest BCUT2D eigenvalue weighted by molar-refractivity contribution is -0.140. The summed E-state index contributed by atoms with van der Waals surface area (Å²) < 4.78 is 19.9. The van der Waals surface area contributed by atoms with Crippen LogP contribution in [-0.2, 0) is 20.9 Å². The van der Waals surface area contributed by atoms with Gasteiger partial charge < -0.3 is 20.3 Å². The van der Waals surface area contributed by atoms with Crippen LogP contribution in [0.25, 0.3) is 11.1 Å². The van der Waals surface area contributed by atoms with Crippen LogP contribution in [-0.4, -0.2) is 40.3 Å². The summed E-state index contributed by atoms with van der Waals surface area (Å²) in [5.41, 5.74) is 3.18. The molecular weight excluding hydrogens is 415 g/mol. The van der Waals surface area contributed by atoms with Crippen molar-refractivity contribution in [1.29, 1.82) is 0 Å². The number of amides is 1. The Morgan fingerprint density at radius 2 is 1.94 bits per heavy atom. The second-order valence-corrected chi connectivity index (χ2v) is 8.20. The van der Waals surface area contributed by atoms with E-state index in [0.29, 0.717) is 22.6 Å². The average Bonchev–Trinajstić information content (AvgIpc) is 3.23. The van der Waals surface area contributed by atoms with Crippen LogP contribution in [0.15, 0.2) is 54.3 Å². The van der Waals surface area contributed by atoms with Crippen molar-refractivity contribution in [3.05, 3.63) is 76.8 Å². The molecule has 2 heterocycles. The first kappa shape index (κ1) is 21.7. The number of aliphatic hydroxyl groups is 1. The van der Waals surface area contributed by atoms with Crippen LogP contribution in [0.4, 0.5) is 10.1 Å². The van der Waals surface area contributed by atoms with Crippen molar-refractivity contribution in [2.45, 2.75) is 32.0 Å². The summed E-state index contributed by atoms with van der Waals surface area (Å²) >= 11 is 0. The van der Waals surface area contributed by atoms with Crippen molar-refractivity contribution in [3.63, 3.8) is 0 Å². The fraction of sp³-hybridized carbons (Fsp3) is 0.250. The first-order valence-corrected chi connectivity index (χ1v) is 10.1. The number of ether oxygens (including phenoxy) is 1. The first-order valence-electron chi connectivity index (χ1n) is 10.1. The molecule has 0 saturated carbocycles. The summed E-state index contributed by atoms with van der Waals surface area (Å²) in [6.07, 6.45) is 1.80. The third-order valence-electron chi connectivity index (χ3n) is 5.56. The Hall–Kier alpha value is -3.49. The van der Waals surface area contributed by atoms with Crippen LogP contribution < -0.4 is 10.6 Å². The number of aliphatic hydroxyl groups excluding tert-OH is 1. The minimum atomic E-state index is -1.11. The standard InChI is InChI=1S/C24H23FN2O5/c1-24(2)17(14-5-3-13(4-6-14)11-26-19(12-28)23(30)31)10-20(32-24)21-16-9-15(25)7-8-18(16)27-22(21)29/h3-10,19,26,28H,11-12H2,1-2H3,(H,27,29)(H,30,31)/b21-20+/t19-/m1/s1. The lowest BCUT2D eigenvalue weighted by atomic mass is 9.91. The van der Waals surface area contributed by atoms with Crippen LogP contribution in [0.5, 0.6) is 0 Å². The molecule has 0 saturated heterocycles. The molecule has 1 amide bonds. The number of rotatable bonds is 6. The van der Waals surface area contributed by atoms with E-state index in [1.807, 2.05) is 38.1 Å². The minimum absolute atomic E-state index is 0.286. The van der Waals surface area contributed by atoms with E-state index < -0.39 is 30.0 Å². The van der Waals surface area contributed by atoms with Crippen LogP contribution in [0.3, 0.4) is 0 Å². The van der Waals surface area contributed by atoms with E-state index in [1.54, 1.807) is 6.08 Å². The van der Waals surface area contributed by atoms with Crippen molar-refractivity contribution in [3.8, 4) is 0 Å². The molecule has 0 radical (unpaired) electrons. The number of allylic oxidation sites excluding steroid dienone is 1. The van der Waals surface area contributed by atoms with Gasteiger partial charge in [-0.05, 0) is 49.2 Å². The van der Waals surface area contributed by atoms with Crippen molar-refractivity contribution >= 4 is 28.7 Å². The van der Waals surface area contributed by atoms with Gasteiger partial charge in [0, 0.05) is 23.4 Å². The Morgan fingerprint density at radius 1 is 1.22 bits per heavy atom. The number of hydrogen-bond donors (Lipinski definition) is 4. The fourth-order valence-corrected chi connectivity index (χ4v) is 3.88. The molecule has 0 spiro atoms. The number of anilines is 1. The molecular formula is C24H23FN2O5. The summed E-state index contributed by atoms with van der Waals surface area (Å²) in [5.74, 6) is -1.51. The molecule has 2 aliphatic heterocycles. The molecule has 0 aliphatic carbocycles. The van der Waals surface area contributed by atoms with Crippen molar-refractivity contribution < 1.29 is 28.9 Å². The molecule has 4 N–H and O–H groups in total. The smallest absolute Gasteiger partial charge is 0.323 e. The molecule has 2 aliphatic rings. The first-order chi connectivity index (χ1) is 15.2. The number of nitrogens with one attached hydrogen (secondary N) is 2. The van der Waals surface area contributed by atoms with E-state index in [0.717, 1.165) is 16.7 Å². The topological polar surface area (TPSA) is 108 Å². The molecule has 7 nitrogen and oxygen atoms in total. The zero-order valence-corrected chi connectivity index (χ0v) is 17.6. The SMILES string of the molecule is CC1(C)O/C(=C2/C(=O)Nc3ccc(F)cc32)C=C1c1ccc(CN[C@H](CO)C(=O)O)cc1.